The van der Waals surface area contributed by atoms with Crippen LogP contribution in [0.15, 0.2) is 95.9 Å². The zero-order valence-corrected chi connectivity index (χ0v) is 18.5. The Labute approximate surface area is 194 Å². The van der Waals surface area contributed by atoms with Crippen LogP contribution >= 0.6 is 11.6 Å². The van der Waals surface area contributed by atoms with Crippen LogP contribution in [0.5, 0.6) is 0 Å². The number of alkyl halides is 3. The van der Waals surface area contributed by atoms with Gasteiger partial charge in [0, 0.05) is 16.3 Å². The molecule has 0 unspecified atom stereocenters. The van der Waals surface area contributed by atoms with Crippen molar-refractivity contribution in [1.29, 1.82) is 0 Å². The van der Waals surface area contributed by atoms with E-state index in [1.54, 1.807) is 30.4 Å². The largest absolute Gasteiger partial charge is 0.416 e. The third-order valence-electron chi connectivity index (χ3n) is 4.43. The Kier molecular flexibility index (Phi) is 7.40. The van der Waals surface area contributed by atoms with E-state index >= 15 is 0 Å². The number of rotatable bonds is 7. The number of hydrogen-bond acceptors (Lipinski definition) is 3. The lowest BCUT2D eigenvalue weighted by Crippen LogP contribution is -2.13. The maximum atomic E-state index is 12.6. The number of sulfonamides is 1. The first kappa shape index (κ1) is 24.3. The van der Waals surface area contributed by atoms with Crippen LogP contribution in [0.4, 0.5) is 18.9 Å². The Bertz CT molecular complexity index is 1280. The zero-order chi connectivity index (χ0) is 24.1. The van der Waals surface area contributed by atoms with Gasteiger partial charge in [-0.2, -0.15) is 13.2 Å². The minimum atomic E-state index is -4.56. The van der Waals surface area contributed by atoms with E-state index in [2.05, 4.69) is 4.72 Å². The Morgan fingerprint density at radius 1 is 0.848 bits per heavy atom. The van der Waals surface area contributed by atoms with E-state index in [-0.39, 0.29) is 16.4 Å². The molecule has 4 nitrogen and oxygen atoms in total. The Hall–Kier alpha value is -3.36. The van der Waals surface area contributed by atoms with Crippen LogP contribution in [-0.2, 0) is 16.2 Å². The highest BCUT2D eigenvalue weighted by molar-refractivity contribution is 7.92. The highest BCUT2D eigenvalue weighted by Gasteiger charge is 2.30. The van der Waals surface area contributed by atoms with Gasteiger partial charge < -0.3 is 0 Å². The van der Waals surface area contributed by atoms with Crippen molar-refractivity contribution in [2.24, 2.45) is 0 Å². The average molecular weight is 492 g/mol. The van der Waals surface area contributed by atoms with Crippen molar-refractivity contribution in [3.05, 3.63) is 113 Å². The quantitative estimate of drug-likeness (QED) is 0.230. The molecule has 0 atom stereocenters. The van der Waals surface area contributed by atoms with Crippen molar-refractivity contribution in [2.45, 2.75) is 11.1 Å². The summed E-state index contributed by atoms with van der Waals surface area (Å²) in [5.74, 6) is -0.284. The molecule has 3 aromatic rings. The highest BCUT2D eigenvalue weighted by atomic mass is 35.5. The molecule has 0 aliphatic rings. The third-order valence-corrected chi connectivity index (χ3v) is 6.08. The predicted molar refractivity (Wildman–Crippen MR) is 123 cm³/mol. The molecule has 3 aromatic carbocycles. The van der Waals surface area contributed by atoms with E-state index in [9.17, 15) is 26.4 Å². The average Bonchev–Trinajstić information content (AvgIpc) is 2.77. The van der Waals surface area contributed by atoms with E-state index in [0.717, 1.165) is 17.7 Å². The summed E-state index contributed by atoms with van der Waals surface area (Å²) in [6.45, 7) is 0. The maximum Gasteiger partial charge on any atom is 0.416 e. The lowest BCUT2D eigenvalue weighted by Gasteiger charge is -2.10. The molecule has 0 amide bonds. The lowest BCUT2D eigenvalue weighted by molar-refractivity contribution is -0.137. The van der Waals surface area contributed by atoms with Crippen molar-refractivity contribution in [3.63, 3.8) is 0 Å². The molecule has 0 fully saturated rings. The van der Waals surface area contributed by atoms with E-state index in [1.165, 1.54) is 30.3 Å². The van der Waals surface area contributed by atoms with Crippen LogP contribution in [-0.4, -0.2) is 14.2 Å². The van der Waals surface area contributed by atoms with Crippen molar-refractivity contribution < 1.29 is 26.4 Å². The fourth-order valence-electron chi connectivity index (χ4n) is 2.72. The van der Waals surface area contributed by atoms with Gasteiger partial charge in [-0.1, -0.05) is 42.0 Å². The minimum Gasteiger partial charge on any atom is -0.289 e. The summed E-state index contributed by atoms with van der Waals surface area (Å²) in [4.78, 5) is 11.9. The van der Waals surface area contributed by atoms with E-state index in [0.29, 0.717) is 22.7 Å². The van der Waals surface area contributed by atoms with Crippen LogP contribution in [0.1, 0.15) is 21.5 Å². The molecule has 0 saturated carbocycles. The zero-order valence-electron chi connectivity index (χ0n) is 16.9. The van der Waals surface area contributed by atoms with Crippen molar-refractivity contribution in [3.8, 4) is 0 Å². The monoisotopic (exact) mass is 491 g/mol. The maximum absolute atomic E-state index is 12.6. The number of carbonyl (C=O) groups excluding carboxylic acids is 1. The molecule has 0 spiro atoms. The molecule has 9 heteroatoms. The molecule has 0 aromatic heterocycles. The van der Waals surface area contributed by atoms with Gasteiger partial charge >= 0.3 is 6.18 Å². The molecule has 0 saturated heterocycles. The first-order valence-electron chi connectivity index (χ1n) is 9.49. The van der Waals surface area contributed by atoms with Crippen LogP contribution in [0.3, 0.4) is 0 Å². The molecule has 0 radical (unpaired) electrons. The number of halogens is 4. The first-order chi connectivity index (χ1) is 15.5. The number of nitrogens with one attached hydrogen (secondary N) is 1. The van der Waals surface area contributed by atoms with Gasteiger partial charge in [0.15, 0.2) is 5.78 Å². The second-order valence-electron chi connectivity index (χ2n) is 6.84. The number of ketones is 1. The van der Waals surface area contributed by atoms with Crippen LogP contribution in [0.2, 0.25) is 5.02 Å². The summed E-state index contributed by atoms with van der Waals surface area (Å²) >= 11 is 5.82. The van der Waals surface area contributed by atoms with Gasteiger partial charge in [0.05, 0.1) is 10.5 Å². The SMILES string of the molecule is O=C(C=CC=Cc1ccc(Cl)cc1)c1ccc(NS(=O)(=O)c2ccc(C(F)(F)F)cc2)cc1. The summed E-state index contributed by atoms with van der Waals surface area (Å²) in [5, 5.41) is 0.628. The van der Waals surface area contributed by atoms with Crippen molar-refractivity contribution in [2.75, 3.05) is 4.72 Å². The summed E-state index contributed by atoms with van der Waals surface area (Å²) < 4.78 is 65.0. The van der Waals surface area contributed by atoms with Crippen molar-refractivity contribution in [1.82, 2.24) is 0 Å². The van der Waals surface area contributed by atoms with Gasteiger partial charge in [-0.05, 0) is 72.3 Å². The van der Waals surface area contributed by atoms with E-state index < -0.39 is 21.8 Å². The number of benzene rings is 3. The topological polar surface area (TPSA) is 63.2 Å². The molecule has 0 heterocycles. The molecule has 0 bridgehead atoms. The number of hydrogen-bond donors (Lipinski definition) is 1. The molecule has 1 N–H and O–H groups in total. The van der Waals surface area contributed by atoms with Gasteiger partial charge in [0.1, 0.15) is 0 Å². The van der Waals surface area contributed by atoms with E-state index in [1.807, 2.05) is 12.1 Å². The van der Waals surface area contributed by atoms with Crippen LogP contribution < -0.4 is 4.72 Å². The van der Waals surface area contributed by atoms with Crippen LogP contribution in [0.25, 0.3) is 6.08 Å². The van der Waals surface area contributed by atoms with Crippen molar-refractivity contribution >= 4 is 39.2 Å². The number of allylic oxidation sites excluding steroid dienone is 3. The van der Waals surface area contributed by atoms with Gasteiger partial charge in [0.2, 0.25) is 0 Å². The van der Waals surface area contributed by atoms with Gasteiger partial charge in [0.25, 0.3) is 10.0 Å². The smallest absolute Gasteiger partial charge is 0.289 e. The predicted octanol–water partition coefficient (Wildman–Crippen LogP) is 6.61. The van der Waals surface area contributed by atoms with Crippen LogP contribution in [0, 0.1) is 0 Å². The molecular weight excluding hydrogens is 475 g/mol. The van der Waals surface area contributed by atoms with Gasteiger partial charge in [-0.25, -0.2) is 8.42 Å². The Morgan fingerprint density at radius 2 is 1.45 bits per heavy atom. The fourth-order valence-corrected chi connectivity index (χ4v) is 3.90. The first-order valence-corrected chi connectivity index (χ1v) is 11.4. The summed E-state index contributed by atoms with van der Waals surface area (Å²) in [7, 11) is -4.09. The summed E-state index contributed by atoms with van der Waals surface area (Å²) in [6, 6.07) is 16.0. The second kappa shape index (κ2) is 10.1. The Balaban J connectivity index is 1.63. The second-order valence-corrected chi connectivity index (χ2v) is 8.96. The minimum absolute atomic E-state index is 0.165. The van der Waals surface area contributed by atoms with Gasteiger partial charge in [-0.3, -0.25) is 9.52 Å². The lowest BCUT2D eigenvalue weighted by atomic mass is 10.1. The third kappa shape index (κ3) is 6.81. The molecular formula is C24H17ClF3NO3S. The molecule has 170 valence electrons. The molecule has 3 rings (SSSR count). The number of anilines is 1. The normalized spacial score (nSPS) is 12.4. The highest BCUT2D eigenvalue weighted by Crippen LogP contribution is 2.30. The molecule has 33 heavy (non-hydrogen) atoms. The number of carbonyl (C=O) groups is 1. The fraction of sp³-hybridized carbons (Fsp3) is 0.0417. The summed E-state index contributed by atoms with van der Waals surface area (Å²) in [5.41, 5.74) is 0.475. The Morgan fingerprint density at radius 3 is 2.03 bits per heavy atom. The molecule has 0 aliphatic heterocycles. The standard InChI is InChI=1S/C24H17ClF3NO3S/c25-20-11-5-17(6-12-20)3-1-2-4-23(30)18-7-13-21(14-8-18)29-33(31,32)22-15-9-19(10-16-22)24(26,27)28/h1-16,29H. The van der Waals surface area contributed by atoms with Gasteiger partial charge in [-0.15, -0.1) is 0 Å². The molecule has 0 aliphatic carbocycles. The van der Waals surface area contributed by atoms with E-state index in [4.69, 9.17) is 11.6 Å². The summed E-state index contributed by atoms with van der Waals surface area (Å²) in [6.07, 6.45) is 1.90.